The second-order valence-electron chi connectivity index (χ2n) is 4.46. The zero-order valence-corrected chi connectivity index (χ0v) is 10.6. The van der Waals surface area contributed by atoms with Crippen molar-refractivity contribution in [2.75, 3.05) is 13.2 Å². The first-order valence-electron chi connectivity index (χ1n) is 6.35. The molecule has 0 unspecified atom stereocenters. The molecule has 1 amide bonds. The third kappa shape index (κ3) is 2.89. The Balaban J connectivity index is 1.95. The van der Waals surface area contributed by atoms with Crippen LogP contribution >= 0.6 is 0 Å². The molecular formula is C14H19NO3. The maximum atomic E-state index is 11.7. The minimum absolute atomic E-state index is 0.0794. The lowest BCUT2D eigenvalue weighted by Gasteiger charge is -2.17. The van der Waals surface area contributed by atoms with Crippen molar-refractivity contribution in [2.45, 2.75) is 31.9 Å². The number of benzene rings is 1. The number of carbonyl (C=O) groups is 1. The molecule has 1 aliphatic rings. The van der Waals surface area contributed by atoms with E-state index < -0.39 is 6.10 Å². The monoisotopic (exact) mass is 249 g/mol. The van der Waals surface area contributed by atoms with E-state index >= 15 is 0 Å². The molecule has 1 aromatic carbocycles. The average Bonchev–Trinajstić information content (AvgIpc) is 2.67. The van der Waals surface area contributed by atoms with Crippen LogP contribution in [0.25, 0.3) is 0 Å². The Labute approximate surface area is 107 Å². The lowest BCUT2D eigenvalue weighted by atomic mass is 10.1. The van der Waals surface area contributed by atoms with Crippen molar-refractivity contribution in [1.29, 1.82) is 0 Å². The molecule has 0 bridgehead atoms. The first-order valence-corrected chi connectivity index (χ1v) is 6.35. The second kappa shape index (κ2) is 5.98. The number of rotatable bonds is 5. The summed E-state index contributed by atoms with van der Waals surface area (Å²) in [5.74, 6) is -0.0794. The minimum atomic E-state index is -0.529. The summed E-state index contributed by atoms with van der Waals surface area (Å²) < 4.78 is 5.14. The van der Waals surface area contributed by atoms with E-state index in [0.717, 1.165) is 11.1 Å². The molecule has 2 atom stereocenters. The topological polar surface area (TPSA) is 58.6 Å². The SMILES string of the molecule is CCOCCC(=O)N[C@@H]1c2ccccc2C[C@@H]1O. The van der Waals surface area contributed by atoms with Gasteiger partial charge in [-0.2, -0.15) is 0 Å². The van der Waals surface area contributed by atoms with E-state index in [0.29, 0.717) is 26.1 Å². The number of amides is 1. The van der Waals surface area contributed by atoms with Gasteiger partial charge in [-0.3, -0.25) is 4.79 Å². The number of nitrogens with one attached hydrogen (secondary N) is 1. The van der Waals surface area contributed by atoms with E-state index in [1.807, 2.05) is 31.2 Å². The predicted molar refractivity (Wildman–Crippen MR) is 68.1 cm³/mol. The number of carbonyl (C=O) groups excluding carboxylic acids is 1. The molecule has 0 aliphatic heterocycles. The highest BCUT2D eigenvalue weighted by atomic mass is 16.5. The highest BCUT2D eigenvalue weighted by Crippen LogP contribution is 2.31. The zero-order valence-electron chi connectivity index (χ0n) is 10.6. The van der Waals surface area contributed by atoms with Crippen molar-refractivity contribution >= 4 is 5.91 Å². The van der Waals surface area contributed by atoms with Crippen molar-refractivity contribution < 1.29 is 14.6 Å². The minimum Gasteiger partial charge on any atom is -0.390 e. The van der Waals surface area contributed by atoms with E-state index in [1.165, 1.54) is 0 Å². The van der Waals surface area contributed by atoms with Crippen molar-refractivity contribution in [1.82, 2.24) is 5.32 Å². The molecule has 4 nitrogen and oxygen atoms in total. The first kappa shape index (κ1) is 13.1. The van der Waals surface area contributed by atoms with E-state index in [-0.39, 0.29) is 11.9 Å². The van der Waals surface area contributed by atoms with Crippen molar-refractivity contribution in [2.24, 2.45) is 0 Å². The van der Waals surface area contributed by atoms with Gasteiger partial charge in [0, 0.05) is 19.4 Å². The van der Waals surface area contributed by atoms with Gasteiger partial charge in [-0.15, -0.1) is 0 Å². The fourth-order valence-electron chi connectivity index (χ4n) is 2.30. The van der Waals surface area contributed by atoms with E-state index in [4.69, 9.17) is 4.74 Å². The third-order valence-electron chi connectivity index (χ3n) is 3.20. The van der Waals surface area contributed by atoms with E-state index in [2.05, 4.69) is 5.32 Å². The summed E-state index contributed by atoms with van der Waals surface area (Å²) in [5.41, 5.74) is 2.13. The lowest BCUT2D eigenvalue weighted by Crippen LogP contribution is -2.34. The second-order valence-corrected chi connectivity index (χ2v) is 4.46. The molecule has 0 radical (unpaired) electrons. The molecular weight excluding hydrogens is 230 g/mol. The summed E-state index contributed by atoms with van der Waals surface area (Å²) in [5, 5.41) is 12.9. The molecule has 0 fully saturated rings. The molecule has 4 heteroatoms. The Morgan fingerprint density at radius 3 is 3.06 bits per heavy atom. The number of ether oxygens (including phenoxy) is 1. The molecule has 2 rings (SSSR count). The normalized spacial score (nSPS) is 21.7. The maximum Gasteiger partial charge on any atom is 0.222 e. The van der Waals surface area contributed by atoms with Crippen LogP contribution in [0.15, 0.2) is 24.3 Å². The molecule has 1 aromatic rings. The van der Waals surface area contributed by atoms with Gasteiger partial charge in [0.1, 0.15) is 0 Å². The Kier molecular flexibility index (Phi) is 4.33. The van der Waals surface area contributed by atoms with Gasteiger partial charge in [0.2, 0.25) is 5.91 Å². The third-order valence-corrected chi connectivity index (χ3v) is 3.20. The largest absolute Gasteiger partial charge is 0.390 e. The number of aliphatic hydroxyl groups is 1. The molecule has 0 saturated heterocycles. The highest BCUT2D eigenvalue weighted by molar-refractivity contribution is 5.76. The standard InChI is InChI=1S/C14H19NO3/c1-2-18-8-7-13(17)15-14-11-6-4-3-5-10(11)9-12(14)16/h3-6,12,14,16H,2,7-9H2,1H3,(H,15,17)/t12-,14+/m0/s1. The molecule has 2 N–H and O–H groups in total. The molecule has 18 heavy (non-hydrogen) atoms. The van der Waals surface area contributed by atoms with Gasteiger partial charge in [0.25, 0.3) is 0 Å². The molecule has 98 valence electrons. The summed E-state index contributed by atoms with van der Waals surface area (Å²) >= 11 is 0. The number of hydrogen-bond donors (Lipinski definition) is 2. The molecule has 1 aliphatic carbocycles. The fraction of sp³-hybridized carbons (Fsp3) is 0.500. The van der Waals surface area contributed by atoms with Crippen LogP contribution in [0.2, 0.25) is 0 Å². The predicted octanol–water partition coefficient (Wildman–Crippen LogP) is 1.19. The van der Waals surface area contributed by atoms with Crippen molar-refractivity contribution in [3.63, 3.8) is 0 Å². The van der Waals surface area contributed by atoms with Crippen LogP contribution in [0.1, 0.15) is 30.5 Å². The molecule has 0 aromatic heterocycles. The van der Waals surface area contributed by atoms with Crippen molar-refractivity contribution in [3.05, 3.63) is 35.4 Å². The first-order chi connectivity index (χ1) is 8.72. The van der Waals surface area contributed by atoms with Crippen LogP contribution in [-0.4, -0.2) is 30.3 Å². The molecule has 0 heterocycles. The van der Waals surface area contributed by atoms with Crippen LogP contribution in [0, 0.1) is 0 Å². The Bertz CT molecular complexity index is 419. The van der Waals surface area contributed by atoms with E-state index in [9.17, 15) is 9.90 Å². The van der Waals surface area contributed by atoms with Gasteiger partial charge in [-0.25, -0.2) is 0 Å². The molecule has 0 spiro atoms. The summed E-state index contributed by atoms with van der Waals surface area (Å²) in [4.78, 5) is 11.7. The Morgan fingerprint density at radius 2 is 2.28 bits per heavy atom. The number of aliphatic hydroxyl groups excluding tert-OH is 1. The van der Waals surface area contributed by atoms with Crippen LogP contribution < -0.4 is 5.32 Å². The van der Waals surface area contributed by atoms with E-state index in [1.54, 1.807) is 0 Å². The zero-order chi connectivity index (χ0) is 13.0. The Hall–Kier alpha value is -1.39. The Morgan fingerprint density at radius 1 is 1.50 bits per heavy atom. The highest BCUT2D eigenvalue weighted by Gasteiger charge is 2.31. The van der Waals surface area contributed by atoms with Crippen LogP contribution in [0.4, 0.5) is 0 Å². The quantitative estimate of drug-likeness (QED) is 0.771. The van der Waals surface area contributed by atoms with Gasteiger partial charge >= 0.3 is 0 Å². The van der Waals surface area contributed by atoms with Gasteiger partial charge in [0.15, 0.2) is 0 Å². The van der Waals surface area contributed by atoms with Crippen LogP contribution in [0.5, 0.6) is 0 Å². The van der Waals surface area contributed by atoms with Gasteiger partial charge < -0.3 is 15.2 Å². The number of fused-ring (bicyclic) bond motifs is 1. The summed E-state index contributed by atoms with van der Waals surface area (Å²) in [7, 11) is 0. The lowest BCUT2D eigenvalue weighted by molar-refractivity contribution is -0.123. The van der Waals surface area contributed by atoms with Gasteiger partial charge in [-0.05, 0) is 18.1 Å². The number of hydrogen-bond acceptors (Lipinski definition) is 3. The summed E-state index contributed by atoms with van der Waals surface area (Å²) in [6.45, 7) is 2.93. The van der Waals surface area contributed by atoms with Gasteiger partial charge in [-0.1, -0.05) is 24.3 Å². The molecule has 0 saturated carbocycles. The van der Waals surface area contributed by atoms with Crippen molar-refractivity contribution in [3.8, 4) is 0 Å². The summed E-state index contributed by atoms with van der Waals surface area (Å²) in [6, 6.07) is 7.54. The smallest absolute Gasteiger partial charge is 0.222 e. The van der Waals surface area contributed by atoms with Crippen LogP contribution in [0.3, 0.4) is 0 Å². The maximum absolute atomic E-state index is 11.7. The fourth-order valence-corrected chi connectivity index (χ4v) is 2.30. The average molecular weight is 249 g/mol. The van der Waals surface area contributed by atoms with Gasteiger partial charge in [0.05, 0.1) is 18.8 Å². The van der Waals surface area contributed by atoms with Crippen LogP contribution in [-0.2, 0) is 16.0 Å². The summed E-state index contributed by atoms with van der Waals surface area (Å²) in [6.07, 6.45) is 0.407.